The average molecular weight is 359 g/mol. The van der Waals surface area contributed by atoms with E-state index in [2.05, 4.69) is 21.2 Å². The van der Waals surface area contributed by atoms with E-state index in [0.29, 0.717) is 5.56 Å². The van der Waals surface area contributed by atoms with Crippen LogP contribution in [-0.2, 0) is 4.79 Å². The molecule has 0 unspecified atom stereocenters. The third-order valence-corrected chi connectivity index (χ3v) is 4.01. The van der Waals surface area contributed by atoms with Gasteiger partial charge >= 0.3 is 0 Å². The summed E-state index contributed by atoms with van der Waals surface area (Å²) in [5.41, 5.74) is -0.626. The molecule has 2 rings (SSSR count). The standard InChI is InChI=1S/C13H15BrN2O5/c1-6(17)15-11-7-4-8(14)9(16(19)20)5-10(7)21-13(2,3)12(11)18/h4-5,11-12,18H,1-3H3,(H,15,17)/t11-,12+/m1/s1. The number of rotatable bonds is 2. The van der Waals surface area contributed by atoms with Crippen LogP contribution < -0.4 is 10.1 Å². The summed E-state index contributed by atoms with van der Waals surface area (Å²) in [6, 6.07) is 2.09. The molecule has 0 fully saturated rings. The highest BCUT2D eigenvalue weighted by Gasteiger charge is 2.44. The Morgan fingerprint density at radius 2 is 2.14 bits per heavy atom. The van der Waals surface area contributed by atoms with Gasteiger partial charge in [0.25, 0.3) is 5.69 Å². The molecule has 1 amide bonds. The number of carbonyl (C=O) groups excluding carboxylic acids is 1. The van der Waals surface area contributed by atoms with Gasteiger partial charge in [0.05, 0.1) is 21.5 Å². The number of hydrogen-bond donors (Lipinski definition) is 2. The molecule has 1 aliphatic rings. The first-order valence-corrected chi connectivity index (χ1v) is 7.05. The van der Waals surface area contributed by atoms with Crippen LogP contribution in [0.25, 0.3) is 0 Å². The molecule has 1 aliphatic heterocycles. The van der Waals surface area contributed by atoms with Gasteiger partial charge in [-0.25, -0.2) is 0 Å². The molecule has 0 radical (unpaired) electrons. The fourth-order valence-electron chi connectivity index (χ4n) is 2.32. The summed E-state index contributed by atoms with van der Waals surface area (Å²) in [6.45, 7) is 4.65. The van der Waals surface area contributed by atoms with E-state index in [1.807, 2.05) is 0 Å². The quantitative estimate of drug-likeness (QED) is 0.622. The van der Waals surface area contributed by atoms with Crippen LogP contribution in [0.1, 0.15) is 32.4 Å². The Bertz CT molecular complexity index is 617. The predicted molar refractivity (Wildman–Crippen MR) is 78.1 cm³/mol. The Labute approximate surface area is 129 Å². The van der Waals surface area contributed by atoms with Crippen LogP contribution in [0.2, 0.25) is 0 Å². The minimum Gasteiger partial charge on any atom is -0.484 e. The Morgan fingerprint density at radius 1 is 1.52 bits per heavy atom. The normalized spacial score (nSPS) is 22.9. The van der Waals surface area contributed by atoms with Crippen molar-refractivity contribution in [1.29, 1.82) is 0 Å². The molecule has 0 aromatic heterocycles. The number of carbonyl (C=O) groups is 1. The number of hydrogen-bond acceptors (Lipinski definition) is 5. The second-order valence-electron chi connectivity index (χ2n) is 5.43. The molecule has 0 aliphatic carbocycles. The average Bonchev–Trinajstić information content (AvgIpc) is 2.34. The first-order valence-electron chi connectivity index (χ1n) is 6.25. The van der Waals surface area contributed by atoms with Gasteiger partial charge in [0, 0.05) is 12.5 Å². The molecule has 7 nitrogen and oxygen atoms in total. The third-order valence-electron chi connectivity index (χ3n) is 3.37. The van der Waals surface area contributed by atoms with E-state index in [0.717, 1.165) is 0 Å². The molecule has 2 atom stereocenters. The van der Waals surface area contributed by atoms with Gasteiger partial charge in [0.15, 0.2) is 0 Å². The molecule has 2 N–H and O–H groups in total. The van der Waals surface area contributed by atoms with Gasteiger partial charge in [-0.3, -0.25) is 14.9 Å². The van der Waals surface area contributed by atoms with E-state index in [9.17, 15) is 20.0 Å². The maximum absolute atomic E-state index is 11.4. The fourth-order valence-corrected chi connectivity index (χ4v) is 2.83. The highest BCUT2D eigenvalue weighted by Crippen LogP contribution is 2.44. The molecule has 21 heavy (non-hydrogen) atoms. The van der Waals surface area contributed by atoms with Crippen LogP contribution in [0.3, 0.4) is 0 Å². The van der Waals surface area contributed by atoms with E-state index in [4.69, 9.17) is 4.74 Å². The summed E-state index contributed by atoms with van der Waals surface area (Å²) in [5.74, 6) is -0.0314. The summed E-state index contributed by atoms with van der Waals surface area (Å²) < 4.78 is 5.92. The zero-order valence-corrected chi connectivity index (χ0v) is 13.3. The van der Waals surface area contributed by atoms with Gasteiger partial charge in [-0.15, -0.1) is 0 Å². The van der Waals surface area contributed by atoms with Crippen LogP contribution in [0.4, 0.5) is 5.69 Å². The topological polar surface area (TPSA) is 102 Å². The van der Waals surface area contributed by atoms with E-state index < -0.39 is 22.7 Å². The molecule has 1 heterocycles. The summed E-state index contributed by atoms with van der Waals surface area (Å²) in [4.78, 5) is 21.8. The van der Waals surface area contributed by atoms with Crippen LogP contribution in [0.5, 0.6) is 5.75 Å². The van der Waals surface area contributed by atoms with Crippen molar-refractivity contribution in [3.63, 3.8) is 0 Å². The number of fused-ring (bicyclic) bond motifs is 1. The summed E-state index contributed by atoms with van der Waals surface area (Å²) >= 11 is 3.13. The number of aliphatic hydroxyl groups is 1. The first-order chi connectivity index (χ1) is 9.63. The number of nitrogens with one attached hydrogen (secondary N) is 1. The summed E-state index contributed by atoms with van der Waals surface area (Å²) in [6.07, 6.45) is -0.984. The van der Waals surface area contributed by atoms with Crippen LogP contribution in [0.15, 0.2) is 16.6 Å². The number of amides is 1. The predicted octanol–water partition coefficient (Wildman–Crippen LogP) is 2.07. The maximum atomic E-state index is 11.4. The highest BCUT2D eigenvalue weighted by molar-refractivity contribution is 9.10. The molecule has 1 aromatic carbocycles. The number of ether oxygens (including phenoxy) is 1. The van der Waals surface area contributed by atoms with Crippen molar-refractivity contribution in [2.75, 3.05) is 0 Å². The molecule has 1 aromatic rings. The third kappa shape index (κ3) is 2.86. The second-order valence-corrected chi connectivity index (χ2v) is 6.28. The number of aliphatic hydroxyl groups excluding tert-OH is 1. The van der Waals surface area contributed by atoms with E-state index in [1.54, 1.807) is 13.8 Å². The molecule has 0 saturated heterocycles. The molecular weight excluding hydrogens is 344 g/mol. The van der Waals surface area contributed by atoms with Crippen LogP contribution in [-0.4, -0.2) is 27.6 Å². The number of benzene rings is 1. The minimum absolute atomic E-state index is 0.137. The molecule has 8 heteroatoms. The largest absolute Gasteiger partial charge is 0.484 e. The lowest BCUT2D eigenvalue weighted by molar-refractivity contribution is -0.385. The molecule has 0 bridgehead atoms. The molecule has 0 saturated carbocycles. The molecular formula is C13H15BrN2O5. The van der Waals surface area contributed by atoms with Crippen molar-refractivity contribution < 1.29 is 19.6 Å². The molecule has 0 spiro atoms. The van der Waals surface area contributed by atoms with E-state index in [-0.39, 0.29) is 21.8 Å². The van der Waals surface area contributed by atoms with Gasteiger partial charge in [0.2, 0.25) is 5.91 Å². The van der Waals surface area contributed by atoms with E-state index in [1.165, 1.54) is 19.1 Å². The highest BCUT2D eigenvalue weighted by atomic mass is 79.9. The SMILES string of the molecule is CC(=O)N[C@@H]1c2cc(Br)c([N+](=O)[O-])cc2OC(C)(C)[C@H]1O. The Hall–Kier alpha value is -1.67. The fraction of sp³-hybridized carbons (Fsp3) is 0.462. The van der Waals surface area contributed by atoms with Crippen molar-refractivity contribution in [3.8, 4) is 5.75 Å². The Balaban J connectivity index is 2.59. The smallest absolute Gasteiger partial charge is 0.287 e. The lowest BCUT2D eigenvalue weighted by atomic mass is 9.86. The zero-order valence-electron chi connectivity index (χ0n) is 11.7. The number of nitro groups is 1. The molecule has 114 valence electrons. The summed E-state index contributed by atoms with van der Waals surface area (Å²) in [5, 5.41) is 24.0. The van der Waals surface area contributed by atoms with Gasteiger partial charge in [-0.05, 0) is 35.8 Å². The van der Waals surface area contributed by atoms with Crippen LogP contribution in [0, 0.1) is 10.1 Å². The van der Waals surface area contributed by atoms with Gasteiger partial charge in [0.1, 0.15) is 17.5 Å². The Morgan fingerprint density at radius 3 is 2.67 bits per heavy atom. The second kappa shape index (κ2) is 5.27. The Kier molecular flexibility index (Phi) is 3.94. The van der Waals surface area contributed by atoms with Crippen molar-refractivity contribution >= 4 is 27.5 Å². The van der Waals surface area contributed by atoms with Gasteiger partial charge < -0.3 is 15.2 Å². The van der Waals surface area contributed by atoms with Crippen molar-refractivity contribution in [1.82, 2.24) is 5.32 Å². The van der Waals surface area contributed by atoms with Crippen molar-refractivity contribution in [2.45, 2.75) is 38.5 Å². The van der Waals surface area contributed by atoms with Gasteiger partial charge in [-0.1, -0.05) is 0 Å². The lowest BCUT2D eigenvalue weighted by Crippen LogP contribution is -2.53. The van der Waals surface area contributed by atoms with E-state index >= 15 is 0 Å². The zero-order chi connectivity index (χ0) is 15.9. The minimum atomic E-state index is -0.984. The number of nitrogens with zero attached hydrogens (tertiary/aromatic N) is 1. The summed E-state index contributed by atoms with van der Waals surface area (Å²) in [7, 11) is 0. The van der Waals surface area contributed by atoms with Crippen molar-refractivity contribution in [3.05, 3.63) is 32.3 Å². The van der Waals surface area contributed by atoms with Crippen LogP contribution >= 0.6 is 15.9 Å². The maximum Gasteiger partial charge on any atom is 0.287 e. The van der Waals surface area contributed by atoms with Crippen molar-refractivity contribution in [2.24, 2.45) is 0 Å². The van der Waals surface area contributed by atoms with Gasteiger partial charge in [-0.2, -0.15) is 0 Å². The lowest BCUT2D eigenvalue weighted by Gasteiger charge is -2.42. The monoisotopic (exact) mass is 358 g/mol. The number of nitro benzene ring substituents is 1. The number of halogens is 1. The first kappa shape index (κ1) is 15.7.